The molecule has 0 radical (unpaired) electrons. The van der Waals surface area contributed by atoms with Crippen LogP contribution in [0.5, 0.6) is 0 Å². The molecular formula is C20H28N2O3. The van der Waals surface area contributed by atoms with Crippen LogP contribution in [0.1, 0.15) is 44.2 Å². The number of nitrogens with one attached hydrogen (secondary N) is 1. The van der Waals surface area contributed by atoms with Crippen LogP contribution in [0.3, 0.4) is 0 Å². The number of nitrogens with zero attached hydrogens (tertiary/aromatic N) is 1. The largest absolute Gasteiger partial charge is 0.376 e. The van der Waals surface area contributed by atoms with Gasteiger partial charge in [0.2, 0.25) is 11.8 Å². The maximum Gasteiger partial charge on any atom is 0.243 e. The van der Waals surface area contributed by atoms with E-state index in [9.17, 15) is 9.59 Å². The molecule has 1 aromatic rings. The zero-order valence-electron chi connectivity index (χ0n) is 15.2. The molecule has 2 atom stereocenters. The Bertz CT molecular complexity index is 623. The van der Waals surface area contributed by atoms with Crippen LogP contribution in [0.4, 0.5) is 0 Å². The Morgan fingerprint density at radius 2 is 2.04 bits per heavy atom. The van der Waals surface area contributed by atoms with Crippen molar-refractivity contribution in [2.45, 2.75) is 58.2 Å². The van der Waals surface area contributed by atoms with Gasteiger partial charge in [0, 0.05) is 32.5 Å². The first-order valence-corrected chi connectivity index (χ1v) is 9.30. The number of carbonyl (C=O) groups excluding carboxylic acids is 2. The number of hydrogen-bond acceptors (Lipinski definition) is 3. The van der Waals surface area contributed by atoms with Crippen molar-refractivity contribution in [2.24, 2.45) is 5.92 Å². The molecule has 2 amide bonds. The van der Waals surface area contributed by atoms with Crippen LogP contribution in [0.15, 0.2) is 24.3 Å². The molecule has 1 fully saturated rings. The highest BCUT2D eigenvalue weighted by atomic mass is 16.5. The van der Waals surface area contributed by atoms with Crippen LogP contribution in [0, 0.1) is 5.92 Å². The number of fused-ring (bicyclic) bond motifs is 1. The first kappa shape index (κ1) is 17.9. The first-order chi connectivity index (χ1) is 12.0. The Morgan fingerprint density at radius 3 is 2.72 bits per heavy atom. The molecule has 25 heavy (non-hydrogen) atoms. The molecule has 2 aliphatic rings. The van der Waals surface area contributed by atoms with Crippen molar-refractivity contribution in [1.29, 1.82) is 0 Å². The van der Waals surface area contributed by atoms with E-state index in [1.54, 1.807) is 4.90 Å². The summed E-state index contributed by atoms with van der Waals surface area (Å²) in [5, 5.41) is 3.01. The Hall–Kier alpha value is -1.88. The van der Waals surface area contributed by atoms with E-state index in [0.717, 1.165) is 30.6 Å². The van der Waals surface area contributed by atoms with Crippen molar-refractivity contribution in [3.05, 3.63) is 35.4 Å². The predicted molar refractivity (Wildman–Crippen MR) is 95.9 cm³/mol. The fourth-order valence-corrected chi connectivity index (χ4v) is 3.62. The molecule has 2 aliphatic heterocycles. The van der Waals surface area contributed by atoms with Crippen molar-refractivity contribution in [2.75, 3.05) is 13.2 Å². The summed E-state index contributed by atoms with van der Waals surface area (Å²) in [5.41, 5.74) is 2.30. The highest BCUT2D eigenvalue weighted by Crippen LogP contribution is 2.25. The number of hydrogen-bond donors (Lipinski definition) is 1. The standard InChI is InChI=1S/C20H28N2O3/c1-14(2)10-19(23)22-13-16-7-4-3-6-15(16)11-18(22)20(24)21-12-17-8-5-9-25-17/h3-4,6-7,14,17-18H,5,8-13H2,1-2H3,(H,21,24). The summed E-state index contributed by atoms with van der Waals surface area (Å²) < 4.78 is 5.58. The maximum absolute atomic E-state index is 12.8. The van der Waals surface area contributed by atoms with Crippen LogP contribution in [-0.2, 0) is 27.3 Å². The second-order valence-electron chi connectivity index (χ2n) is 7.49. The second kappa shape index (κ2) is 8.00. The van der Waals surface area contributed by atoms with Crippen LogP contribution in [0.25, 0.3) is 0 Å². The third-order valence-corrected chi connectivity index (χ3v) is 4.98. The number of ether oxygens (including phenoxy) is 1. The minimum absolute atomic E-state index is 0.0572. The molecule has 1 aromatic carbocycles. The lowest BCUT2D eigenvalue weighted by atomic mass is 9.92. The van der Waals surface area contributed by atoms with E-state index in [1.165, 1.54) is 0 Å². The Balaban J connectivity index is 1.72. The van der Waals surface area contributed by atoms with E-state index in [2.05, 4.69) is 11.4 Å². The average Bonchev–Trinajstić information content (AvgIpc) is 3.11. The van der Waals surface area contributed by atoms with Crippen LogP contribution >= 0.6 is 0 Å². The van der Waals surface area contributed by atoms with Crippen molar-refractivity contribution < 1.29 is 14.3 Å². The lowest BCUT2D eigenvalue weighted by Crippen LogP contribution is -2.53. The van der Waals surface area contributed by atoms with E-state index < -0.39 is 6.04 Å². The second-order valence-corrected chi connectivity index (χ2v) is 7.49. The molecule has 0 aliphatic carbocycles. The summed E-state index contributed by atoms with van der Waals surface area (Å²) in [5.74, 6) is 0.268. The average molecular weight is 344 g/mol. The summed E-state index contributed by atoms with van der Waals surface area (Å²) >= 11 is 0. The van der Waals surface area contributed by atoms with Crippen molar-refractivity contribution in [1.82, 2.24) is 10.2 Å². The first-order valence-electron chi connectivity index (χ1n) is 9.30. The van der Waals surface area contributed by atoms with E-state index >= 15 is 0 Å². The van der Waals surface area contributed by atoms with Crippen molar-refractivity contribution in [3.8, 4) is 0 Å². The van der Waals surface area contributed by atoms with Crippen LogP contribution in [-0.4, -0.2) is 42.0 Å². The smallest absolute Gasteiger partial charge is 0.243 e. The van der Waals surface area contributed by atoms with Gasteiger partial charge in [0.15, 0.2) is 0 Å². The summed E-state index contributed by atoms with van der Waals surface area (Å²) in [6, 6.07) is 7.65. The van der Waals surface area contributed by atoms with Gasteiger partial charge in [-0.25, -0.2) is 0 Å². The molecule has 2 unspecified atom stereocenters. The topological polar surface area (TPSA) is 58.6 Å². The molecule has 5 nitrogen and oxygen atoms in total. The molecule has 136 valence electrons. The van der Waals surface area contributed by atoms with Gasteiger partial charge in [-0.1, -0.05) is 38.1 Å². The lowest BCUT2D eigenvalue weighted by molar-refractivity contribution is -0.142. The fourth-order valence-electron chi connectivity index (χ4n) is 3.62. The molecule has 1 saturated heterocycles. The molecule has 0 spiro atoms. The normalized spacial score (nSPS) is 22.8. The monoisotopic (exact) mass is 344 g/mol. The van der Waals surface area contributed by atoms with Crippen molar-refractivity contribution >= 4 is 11.8 Å². The van der Waals surface area contributed by atoms with Gasteiger partial charge in [0.25, 0.3) is 0 Å². The van der Waals surface area contributed by atoms with Crippen molar-refractivity contribution in [3.63, 3.8) is 0 Å². The molecule has 1 N–H and O–H groups in total. The zero-order valence-corrected chi connectivity index (χ0v) is 15.2. The third kappa shape index (κ3) is 4.40. The van der Waals surface area contributed by atoms with Gasteiger partial charge in [0.1, 0.15) is 6.04 Å². The van der Waals surface area contributed by atoms with Crippen LogP contribution in [0.2, 0.25) is 0 Å². The third-order valence-electron chi connectivity index (χ3n) is 4.98. The minimum atomic E-state index is -0.428. The van der Waals surface area contributed by atoms with Gasteiger partial charge in [-0.05, 0) is 29.9 Å². The van der Waals surface area contributed by atoms with Crippen LogP contribution < -0.4 is 5.32 Å². The number of benzene rings is 1. The van der Waals surface area contributed by atoms with E-state index in [0.29, 0.717) is 25.9 Å². The Morgan fingerprint density at radius 1 is 1.28 bits per heavy atom. The van der Waals surface area contributed by atoms with E-state index in [-0.39, 0.29) is 23.8 Å². The SMILES string of the molecule is CC(C)CC(=O)N1Cc2ccccc2CC1C(=O)NCC1CCCO1. The van der Waals surface area contributed by atoms with Gasteiger partial charge in [0.05, 0.1) is 6.10 Å². The molecular weight excluding hydrogens is 316 g/mol. The molecule has 3 rings (SSSR count). The summed E-state index contributed by atoms with van der Waals surface area (Å²) in [4.78, 5) is 27.3. The summed E-state index contributed by atoms with van der Waals surface area (Å²) in [6.07, 6.45) is 3.20. The number of amides is 2. The number of rotatable bonds is 5. The quantitative estimate of drug-likeness (QED) is 0.891. The maximum atomic E-state index is 12.8. The van der Waals surface area contributed by atoms with E-state index in [4.69, 9.17) is 4.74 Å². The molecule has 0 aromatic heterocycles. The molecule has 0 bridgehead atoms. The highest BCUT2D eigenvalue weighted by molar-refractivity contribution is 5.88. The Labute approximate surface area is 149 Å². The molecule has 2 heterocycles. The minimum Gasteiger partial charge on any atom is -0.376 e. The molecule has 5 heteroatoms. The predicted octanol–water partition coefficient (Wildman–Crippen LogP) is 2.28. The highest BCUT2D eigenvalue weighted by Gasteiger charge is 2.34. The number of carbonyl (C=O) groups is 2. The van der Waals surface area contributed by atoms with Gasteiger partial charge in [-0.3, -0.25) is 9.59 Å². The fraction of sp³-hybridized carbons (Fsp3) is 0.600. The zero-order chi connectivity index (χ0) is 17.8. The van der Waals surface area contributed by atoms with E-state index in [1.807, 2.05) is 32.0 Å². The van der Waals surface area contributed by atoms with Gasteiger partial charge < -0.3 is 15.0 Å². The Kier molecular flexibility index (Phi) is 5.74. The lowest BCUT2D eigenvalue weighted by Gasteiger charge is -2.36. The van der Waals surface area contributed by atoms with Gasteiger partial charge in [-0.15, -0.1) is 0 Å². The summed E-state index contributed by atoms with van der Waals surface area (Å²) in [6.45, 7) is 5.88. The van der Waals surface area contributed by atoms with Gasteiger partial charge >= 0.3 is 0 Å². The van der Waals surface area contributed by atoms with Gasteiger partial charge in [-0.2, -0.15) is 0 Å². The molecule has 0 saturated carbocycles. The summed E-state index contributed by atoms with van der Waals surface area (Å²) in [7, 11) is 0.